The van der Waals surface area contributed by atoms with Gasteiger partial charge in [0.25, 0.3) is 0 Å². The van der Waals surface area contributed by atoms with Crippen molar-refractivity contribution < 1.29 is 4.79 Å². The molecule has 0 radical (unpaired) electrons. The van der Waals surface area contributed by atoms with Gasteiger partial charge >= 0.3 is 0 Å². The van der Waals surface area contributed by atoms with Gasteiger partial charge in [-0.15, -0.1) is 0 Å². The van der Waals surface area contributed by atoms with E-state index in [0.29, 0.717) is 5.92 Å². The molecule has 0 rings (SSSR count). The zero-order valence-electron chi connectivity index (χ0n) is 16.3. The maximum absolute atomic E-state index is 12.1. The van der Waals surface area contributed by atoms with Crippen LogP contribution in [0.4, 0.5) is 0 Å². The van der Waals surface area contributed by atoms with Crippen molar-refractivity contribution >= 4 is 5.91 Å². The average molecular weight is 324 g/mol. The summed E-state index contributed by atoms with van der Waals surface area (Å²) in [7, 11) is 0. The van der Waals surface area contributed by atoms with Crippen LogP contribution in [-0.4, -0.2) is 12.5 Å². The summed E-state index contributed by atoms with van der Waals surface area (Å²) < 4.78 is 0. The summed E-state index contributed by atoms with van der Waals surface area (Å²) in [5.41, 5.74) is 0.762. The quantitative estimate of drug-likeness (QED) is 0.279. The van der Waals surface area contributed by atoms with Crippen LogP contribution in [0.5, 0.6) is 0 Å². The molecule has 1 unspecified atom stereocenters. The highest BCUT2D eigenvalue weighted by molar-refractivity contribution is 5.92. The maximum atomic E-state index is 12.1. The van der Waals surface area contributed by atoms with Crippen LogP contribution in [0, 0.1) is 11.8 Å². The van der Waals surface area contributed by atoms with E-state index in [0.717, 1.165) is 37.3 Å². The number of nitrogens with one attached hydrogen (secondary N) is 1. The van der Waals surface area contributed by atoms with Crippen LogP contribution in [0.2, 0.25) is 0 Å². The largest absolute Gasteiger partial charge is 0.352 e. The van der Waals surface area contributed by atoms with Crippen molar-refractivity contribution in [1.82, 2.24) is 5.32 Å². The summed E-state index contributed by atoms with van der Waals surface area (Å²) >= 11 is 0. The molecule has 0 saturated heterocycles. The molecule has 136 valence electrons. The average Bonchev–Trinajstić information content (AvgIpc) is 2.53. The SMILES string of the molecule is C=C(CCCCCCCC(C)C)C(=O)NCC(CC)CCCC. The molecule has 1 atom stereocenters. The number of rotatable bonds is 15. The van der Waals surface area contributed by atoms with Crippen LogP contribution in [0.15, 0.2) is 12.2 Å². The minimum atomic E-state index is 0.0692. The molecule has 0 aromatic rings. The zero-order chi connectivity index (χ0) is 17.5. The number of hydrogen-bond acceptors (Lipinski definition) is 1. The Morgan fingerprint density at radius 3 is 2.22 bits per heavy atom. The molecule has 0 aliphatic rings. The van der Waals surface area contributed by atoms with Crippen molar-refractivity contribution in [1.29, 1.82) is 0 Å². The maximum Gasteiger partial charge on any atom is 0.246 e. The molecule has 1 amide bonds. The van der Waals surface area contributed by atoms with Crippen molar-refractivity contribution in [3.8, 4) is 0 Å². The second-order valence-corrected chi connectivity index (χ2v) is 7.43. The van der Waals surface area contributed by atoms with E-state index in [9.17, 15) is 4.79 Å². The van der Waals surface area contributed by atoms with Crippen LogP contribution >= 0.6 is 0 Å². The van der Waals surface area contributed by atoms with Crippen LogP contribution in [0.25, 0.3) is 0 Å². The van der Waals surface area contributed by atoms with Crippen molar-refractivity contribution in [3.05, 3.63) is 12.2 Å². The zero-order valence-corrected chi connectivity index (χ0v) is 16.3. The molecule has 0 heterocycles. The van der Waals surface area contributed by atoms with Crippen LogP contribution in [0.1, 0.15) is 98.3 Å². The third-order valence-electron chi connectivity index (χ3n) is 4.68. The fourth-order valence-electron chi connectivity index (χ4n) is 2.84. The second kappa shape index (κ2) is 14.8. The highest BCUT2D eigenvalue weighted by atomic mass is 16.1. The molecule has 0 aromatic heterocycles. The van der Waals surface area contributed by atoms with Gasteiger partial charge in [0.1, 0.15) is 0 Å². The minimum absolute atomic E-state index is 0.0692. The lowest BCUT2D eigenvalue weighted by molar-refractivity contribution is -0.117. The first kappa shape index (κ1) is 22.2. The summed E-state index contributed by atoms with van der Waals surface area (Å²) in [5.74, 6) is 1.51. The van der Waals surface area contributed by atoms with Gasteiger partial charge in [0.15, 0.2) is 0 Å². The molecule has 0 aromatic carbocycles. The van der Waals surface area contributed by atoms with Gasteiger partial charge in [-0.1, -0.05) is 85.6 Å². The Balaban J connectivity index is 3.67. The van der Waals surface area contributed by atoms with Crippen LogP contribution in [0.3, 0.4) is 0 Å². The highest BCUT2D eigenvalue weighted by Crippen LogP contribution is 2.14. The Morgan fingerprint density at radius 1 is 0.957 bits per heavy atom. The van der Waals surface area contributed by atoms with Gasteiger partial charge in [-0.3, -0.25) is 4.79 Å². The standard InChI is InChI=1S/C21H41NO/c1-6-8-16-20(7-2)17-22-21(23)19(5)15-13-11-9-10-12-14-18(3)4/h18,20H,5-17H2,1-4H3,(H,22,23). The third-order valence-corrected chi connectivity index (χ3v) is 4.68. The highest BCUT2D eigenvalue weighted by Gasteiger charge is 2.10. The van der Waals surface area contributed by atoms with Gasteiger partial charge in [-0.25, -0.2) is 0 Å². The van der Waals surface area contributed by atoms with E-state index in [4.69, 9.17) is 0 Å². The molecule has 1 N–H and O–H groups in total. The predicted molar refractivity (Wildman–Crippen MR) is 103 cm³/mol. The van der Waals surface area contributed by atoms with E-state index in [-0.39, 0.29) is 5.91 Å². The molecule has 23 heavy (non-hydrogen) atoms. The number of amides is 1. The second-order valence-electron chi connectivity index (χ2n) is 7.43. The molecule has 0 fully saturated rings. The first-order valence-electron chi connectivity index (χ1n) is 9.97. The predicted octanol–water partition coefficient (Wildman–Crippen LogP) is 6.26. The summed E-state index contributed by atoms with van der Waals surface area (Å²) in [6.45, 7) is 13.8. The fraction of sp³-hybridized carbons (Fsp3) is 0.857. The van der Waals surface area contributed by atoms with E-state index >= 15 is 0 Å². The number of carbonyl (C=O) groups excluding carboxylic acids is 1. The number of carbonyl (C=O) groups is 1. The minimum Gasteiger partial charge on any atom is -0.352 e. The van der Waals surface area contributed by atoms with E-state index < -0.39 is 0 Å². The van der Waals surface area contributed by atoms with Gasteiger partial charge in [-0.2, -0.15) is 0 Å². The Morgan fingerprint density at radius 2 is 1.61 bits per heavy atom. The smallest absolute Gasteiger partial charge is 0.246 e. The first-order valence-corrected chi connectivity index (χ1v) is 9.97. The van der Waals surface area contributed by atoms with Gasteiger partial charge in [0.2, 0.25) is 5.91 Å². The molecule has 0 saturated carbocycles. The van der Waals surface area contributed by atoms with Crippen molar-refractivity contribution in [2.24, 2.45) is 11.8 Å². The lowest BCUT2D eigenvalue weighted by Gasteiger charge is -2.16. The van der Waals surface area contributed by atoms with E-state index in [2.05, 4.69) is 39.6 Å². The fourth-order valence-corrected chi connectivity index (χ4v) is 2.84. The molecule has 0 aliphatic heterocycles. The Labute approximate surface area is 145 Å². The van der Waals surface area contributed by atoms with E-state index in [1.807, 2.05) is 0 Å². The van der Waals surface area contributed by atoms with Crippen molar-refractivity contribution in [2.75, 3.05) is 6.54 Å². The Bertz CT molecular complexity index is 309. The summed E-state index contributed by atoms with van der Waals surface area (Å²) in [6, 6.07) is 0. The molecule has 0 bridgehead atoms. The molecule has 2 heteroatoms. The van der Waals surface area contributed by atoms with E-state index in [1.165, 1.54) is 51.4 Å². The molecular weight excluding hydrogens is 282 g/mol. The van der Waals surface area contributed by atoms with E-state index in [1.54, 1.807) is 0 Å². The van der Waals surface area contributed by atoms with Crippen LogP contribution in [-0.2, 0) is 4.79 Å². The van der Waals surface area contributed by atoms with Crippen LogP contribution < -0.4 is 5.32 Å². The summed E-state index contributed by atoms with van der Waals surface area (Å²) in [4.78, 5) is 12.1. The third kappa shape index (κ3) is 13.4. The van der Waals surface area contributed by atoms with Gasteiger partial charge in [0.05, 0.1) is 0 Å². The lowest BCUT2D eigenvalue weighted by atomic mass is 9.99. The Hall–Kier alpha value is -0.790. The number of unbranched alkanes of at least 4 members (excludes halogenated alkanes) is 5. The molecule has 2 nitrogen and oxygen atoms in total. The summed E-state index contributed by atoms with van der Waals surface area (Å²) in [5, 5.41) is 3.08. The topological polar surface area (TPSA) is 29.1 Å². The Kier molecular flexibility index (Phi) is 14.3. The van der Waals surface area contributed by atoms with Gasteiger partial charge < -0.3 is 5.32 Å². The molecule has 0 aliphatic carbocycles. The van der Waals surface area contributed by atoms with Gasteiger partial charge in [-0.05, 0) is 31.1 Å². The monoisotopic (exact) mass is 323 g/mol. The van der Waals surface area contributed by atoms with Gasteiger partial charge in [0, 0.05) is 12.1 Å². The molecule has 0 spiro atoms. The number of hydrogen-bond donors (Lipinski definition) is 1. The normalized spacial score (nSPS) is 12.4. The van der Waals surface area contributed by atoms with Crippen molar-refractivity contribution in [3.63, 3.8) is 0 Å². The summed E-state index contributed by atoms with van der Waals surface area (Å²) in [6.07, 6.45) is 13.3. The van der Waals surface area contributed by atoms with Crippen molar-refractivity contribution in [2.45, 2.75) is 98.3 Å². The first-order chi connectivity index (χ1) is 11.0. The molecular formula is C21H41NO. The lowest BCUT2D eigenvalue weighted by Crippen LogP contribution is -2.30.